The van der Waals surface area contributed by atoms with Gasteiger partial charge in [-0.05, 0) is 0 Å². The molecule has 0 atom stereocenters. The molecule has 0 spiro atoms. The highest BCUT2D eigenvalue weighted by molar-refractivity contribution is 7.13. The fraction of sp³-hybridized carbons (Fsp3) is 0.125. The van der Waals surface area contributed by atoms with Gasteiger partial charge in [-0.25, -0.2) is 0 Å². The molecular formula is C8H5Cl2N3OS. The number of aromatic nitrogens is 3. The lowest BCUT2D eigenvalue weighted by Gasteiger charge is -1.99. The van der Waals surface area contributed by atoms with E-state index in [0.717, 1.165) is 0 Å². The molecule has 78 valence electrons. The Hall–Kier alpha value is -0.910. The van der Waals surface area contributed by atoms with Crippen molar-refractivity contribution in [1.29, 1.82) is 0 Å². The summed E-state index contributed by atoms with van der Waals surface area (Å²) in [4.78, 5) is 3.88. The molecule has 2 heterocycles. The standard InChI is InChI=1S/C8H5Cl2N3OS/c9-2-7-12-13-8(15-7)14-6-1-5(10)3-11-4-6/h1,3-4H,2H2. The van der Waals surface area contributed by atoms with E-state index in [0.29, 0.717) is 26.9 Å². The SMILES string of the molecule is ClCc1nnc(Oc2cncc(Cl)c2)s1. The molecule has 0 aliphatic heterocycles. The number of alkyl halides is 1. The lowest BCUT2D eigenvalue weighted by Crippen LogP contribution is -1.84. The zero-order valence-corrected chi connectivity index (χ0v) is 9.68. The summed E-state index contributed by atoms with van der Waals surface area (Å²) in [6, 6.07) is 1.65. The van der Waals surface area contributed by atoms with Crippen LogP contribution in [0.15, 0.2) is 18.5 Å². The van der Waals surface area contributed by atoms with Crippen LogP contribution in [0, 0.1) is 0 Å². The topological polar surface area (TPSA) is 47.9 Å². The van der Waals surface area contributed by atoms with E-state index in [4.69, 9.17) is 27.9 Å². The van der Waals surface area contributed by atoms with Crippen LogP contribution in [0.5, 0.6) is 10.9 Å². The van der Waals surface area contributed by atoms with Gasteiger partial charge in [-0.3, -0.25) is 4.98 Å². The van der Waals surface area contributed by atoms with Gasteiger partial charge >= 0.3 is 0 Å². The van der Waals surface area contributed by atoms with Crippen molar-refractivity contribution in [2.45, 2.75) is 5.88 Å². The monoisotopic (exact) mass is 261 g/mol. The van der Waals surface area contributed by atoms with Gasteiger partial charge in [0.05, 0.1) is 17.1 Å². The Balaban J connectivity index is 2.14. The van der Waals surface area contributed by atoms with Crippen molar-refractivity contribution in [3.63, 3.8) is 0 Å². The third-order valence-electron chi connectivity index (χ3n) is 1.45. The molecule has 0 aromatic carbocycles. The van der Waals surface area contributed by atoms with Gasteiger partial charge in [0.25, 0.3) is 5.19 Å². The van der Waals surface area contributed by atoms with Crippen LogP contribution < -0.4 is 4.74 Å². The van der Waals surface area contributed by atoms with Gasteiger partial charge < -0.3 is 4.74 Å². The molecule has 2 aromatic heterocycles. The zero-order valence-electron chi connectivity index (χ0n) is 7.35. The number of rotatable bonds is 3. The third-order valence-corrected chi connectivity index (χ3v) is 2.87. The second kappa shape index (κ2) is 4.74. The van der Waals surface area contributed by atoms with Crippen molar-refractivity contribution in [3.8, 4) is 10.9 Å². The Labute approximate surface area is 99.8 Å². The number of hydrogen-bond donors (Lipinski definition) is 0. The van der Waals surface area contributed by atoms with E-state index in [9.17, 15) is 0 Å². The Morgan fingerprint density at radius 3 is 2.87 bits per heavy atom. The number of nitrogens with zero attached hydrogens (tertiary/aromatic N) is 3. The highest BCUT2D eigenvalue weighted by Gasteiger charge is 2.05. The van der Waals surface area contributed by atoms with E-state index in [1.54, 1.807) is 12.3 Å². The van der Waals surface area contributed by atoms with Crippen LogP contribution in [-0.4, -0.2) is 15.2 Å². The van der Waals surface area contributed by atoms with Crippen molar-refractivity contribution in [2.75, 3.05) is 0 Å². The highest BCUT2D eigenvalue weighted by atomic mass is 35.5. The van der Waals surface area contributed by atoms with Crippen LogP contribution in [0.3, 0.4) is 0 Å². The minimum absolute atomic E-state index is 0.328. The molecule has 0 aliphatic carbocycles. The quantitative estimate of drug-likeness (QED) is 0.797. The Kier molecular flexibility index (Phi) is 3.35. The summed E-state index contributed by atoms with van der Waals surface area (Å²) in [5.41, 5.74) is 0. The van der Waals surface area contributed by atoms with Crippen molar-refractivity contribution in [2.24, 2.45) is 0 Å². The molecule has 0 saturated carbocycles. The van der Waals surface area contributed by atoms with Crippen LogP contribution in [0.1, 0.15) is 5.01 Å². The molecule has 2 aromatic rings. The van der Waals surface area contributed by atoms with E-state index in [1.165, 1.54) is 17.5 Å². The predicted molar refractivity (Wildman–Crippen MR) is 58.8 cm³/mol. The van der Waals surface area contributed by atoms with Gasteiger partial charge in [0, 0.05) is 12.3 Å². The van der Waals surface area contributed by atoms with Gasteiger partial charge in [-0.15, -0.1) is 16.7 Å². The van der Waals surface area contributed by atoms with E-state index in [1.807, 2.05) is 0 Å². The van der Waals surface area contributed by atoms with Crippen LogP contribution in [-0.2, 0) is 5.88 Å². The van der Waals surface area contributed by atoms with Crippen molar-refractivity contribution in [3.05, 3.63) is 28.5 Å². The summed E-state index contributed by atoms with van der Waals surface area (Å²) in [6.45, 7) is 0. The molecular weight excluding hydrogens is 257 g/mol. The molecule has 0 N–H and O–H groups in total. The molecule has 0 saturated heterocycles. The third kappa shape index (κ3) is 2.77. The molecule has 4 nitrogen and oxygen atoms in total. The largest absolute Gasteiger partial charge is 0.428 e. The van der Waals surface area contributed by atoms with E-state index < -0.39 is 0 Å². The van der Waals surface area contributed by atoms with Gasteiger partial charge in [0.15, 0.2) is 0 Å². The summed E-state index contributed by atoms with van der Waals surface area (Å²) in [5.74, 6) is 0.856. The van der Waals surface area contributed by atoms with Crippen molar-refractivity contribution < 1.29 is 4.74 Å². The van der Waals surface area contributed by atoms with E-state index in [-0.39, 0.29) is 0 Å². The first-order valence-electron chi connectivity index (χ1n) is 3.94. The molecule has 0 unspecified atom stereocenters. The normalized spacial score (nSPS) is 10.3. The second-order valence-electron chi connectivity index (χ2n) is 2.54. The fourth-order valence-corrected chi connectivity index (χ4v) is 1.82. The van der Waals surface area contributed by atoms with Crippen LogP contribution in [0.4, 0.5) is 0 Å². The minimum Gasteiger partial charge on any atom is -0.428 e. The zero-order chi connectivity index (χ0) is 10.7. The summed E-state index contributed by atoms with van der Waals surface area (Å²) in [5, 5.41) is 9.26. The van der Waals surface area contributed by atoms with Gasteiger partial charge in [0.2, 0.25) is 0 Å². The molecule has 0 radical (unpaired) electrons. The number of hydrogen-bond acceptors (Lipinski definition) is 5. The fourth-order valence-electron chi connectivity index (χ4n) is 0.882. The summed E-state index contributed by atoms with van der Waals surface area (Å²) in [6.07, 6.45) is 3.08. The Morgan fingerprint density at radius 1 is 1.33 bits per heavy atom. The highest BCUT2D eigenvalue weighted by Crippen LogP contribution is 2.26. The summed E-state index contributed by atoms with van der Waals surface area (Å²) >= 11 is 12.6. The summed E-state index contributed by atoms with van der Waals surface area (Å²) in [7, 11) is 0. The van der Waals surface area contributed by atoms with Crippen molar-refractivity contribution in [1.82, 2.24) is 15.2 Å². The number of halogens is 2. The summed E-state index contributed by atoms with van der Waals surface area (Å²) < 4.78 is 5.38. The first kappa shape index (κ1) is 10.6. The molecule has 2 rings (SSSR count). The molecule has 7 heteroatoms. The molecule has 0 aliphatic rings. The Bertz CT molecular complexity index is 463. The van der Waals surface area contributed by atoms with Gasteiger partial charge in [-0.1, -0.05) is 28.0 Å². The minimum atomic E-state index is 0.328. The average molecular weight is 262 g/mol. The molecule has 0 bridgehead atoms. The molecule has 0 amide bonds. The number of ether oxygens (including phenoxy) is 1. The maximum Gasteiger partial charge on any atom is 0.299 e. The Morgan fingerprint density at radius 2 is 2.20 bits per heavy atom. The van der Waals surface area contributed by atoms with Gasteiger partial charge in [-0.2, -0.15) is 0 Å². The smallest absolute Gasteiger partial charge is 0.299 e. The van der Waals surface area contributed by atoms with Crippen LogP contribution >= 0.6 is 34.5 Å². The van der Waals surface area contributed by atoms with E-state index >= 15 is 0 Å². The van der Waals surface area contributed by atoms with E-state index in [2.05, 4.69) is 15.2 Å². The number of pyridine rings is 1. The van der Waals surface area contributed by atoms with Crippen LogP contribution in [0.25, 0.3) is 0 Å². The predicted octanol–water partition coefficient (Wildman–Crippen LogP) is 3.12. The maximum atomic E-state index is 5.75. The second-order valence-corrected chi connectivity index (χ2v) is 4.26. The molecule has 15 heavy (non-hydrogen) atoms. The lowest BCUT2D eigenvalue weighted by atomic mass is 10.5. The molecule has 0 fully saturated rings. The average Bonchev–Trinajstić information content (AvgIpc) is 2.65. The van der Waals surface area contributed by atoms with Crippen molar-refractivity contribution >= 4 is 34.5 Å². The van der Waals surface area contributed by atoms with Gasteiger partial charge in [0.1, 0.15) is 10.8 Å². The first-order chi connectivity index (χ1) is 7.28. The first-order valence-corrected chi connectivity index (χ1v) is 5.67. The van der Waals surface area contributed by atoms with Crippen LogP contribution in [0.2, 0.25) is 5.02 Å². The maximum absolute atomic E-state index is 5.75. The lowest BCUT2D eigenvalue weighted by molar-refractivity contribution is 0.471.